The Hall–Kier alpha value is -1.91. The molecule has 0 saturated carbocycles. The van der Waals surface area contributed by atoms with Gasteiger partial charge in [0.05, 0.1) is 11.1 Å². The molecule has 1 heterocycles. The second kappa shape index (κ2) is 4.95. The number of pyridine rings is 1. The van der Waals surface area contributed by atoms with Crippen molar-refractivity contribution in [2.24, 2.45) is 0 Å². The Balaban J connectivity index is 0.00000144. The molecule has 6 heteroatoms. The molecule has 0 unspecified atom stereocenters. The molecule has 1 aromatic heterocycles. The molecule has 0 bridgehead atoms. The molecule has 0 aliphatic carbocycles. The van der Waals surface area contributed by atoms with Crippen molar-refractivity contribution in [3.05, 3.63) is 41.6 Å². The maximum atomic E-state index is 10.9. The second-order valence-corrected chi connectivity index (χ2v) is 3.19. The van der Waals surface area contributed by atoms with E-state index in [0.717, 1.165) is 0 Å². The maximum Gasteiger partial charge on any atom is 0.355 e. The summed E-state index contributed by atoms with van der Waals surface area (Å²) in [4.78, 5) is 25.5. The SMILES string of the molecule is O=C(O)c1cc2ccccc2nc1C(=O)O.[Cu]. The van der Waals surface area contributed by atoms with Gasteiger partial charge in [0.25, 0.3) is 0 Å². The summed E-state index contributed by atoms with van der Waals surface area (Å²) in [5.41, 5.74) is -0.276. The molecule has 0 spiro atoms. The Labute approximate surface area is 107 Å². The van der Waals surface area contributed by atoms with Crippen LogP contribution in [0.5, 0.6) is 0 Å². The molecule has 5 nitrogen and oxygen atoms in total. The predicted molar refractivity (Wildman–Crippen MR) is 55.7 cm³/mol. The van der Waals surface area contributed by atoms with E-state index in [1.165, 1.54) is 6.07 Å². The van der Waals surface area contributed by atoms with E-state index in [0.29, 0.717) is 10.9 Å². The molecular formula is C11H7CuNO4. The zero-order chi connectivity index (χ0) is 11.7. The molecule has 1 aromatic carbocycles. The van der Waals surface area contributed by atoms with E-state index in [2.05, 4.69) is 4.98 Å². The van der Waals surface area contributed by atoms with Crippen molar-refractivity contribution in [1.29, 1.82) is 0 Å². The standard InChI is InChI=1S/C11H7NO4.Cu/c13-10(14)7-5-6-3-1-2-4-8(6)12-9(7)11(15)16;/h1-5H,(H,13,14)(H,15,16);. The summed E-state index contributed by atoms with van der Waals surface area (Å²) in [7, 11) is 0. The van der Waals surface area contributed by atoms with Gasteiger partial charge in [0.1, 0.15) is 0 Å². The van der Waals surface area contributed by atoms with Gasteiger partial charge in [-0.05, 0) is 12.1 Å². The first-order chi connectivity index (χ1) is 7.59. The molecule has 2 rings (SSSR count). The minimum Gasteiger partial charge on any atom is -0.478 e. The molecule has 91 valence electrons. The van der Waals surface area contributed by atoms with Gasteiger partial charge in [-0.15, -0.1) is 0 Å². The Morgan fingerprint density at radius 1 is 1.06 bits per heavy atom. The fourth-order valence-corrected chi connectivity index (χ4v) is 1.44. The number of aromatic nitrogens is 1. The predicted octanol–water partition coefficient (Wildman–Crippen LogP) is 1.63. The minimum atomic E-state index is -1.34. The van der Waals surface area contributed by atoms with Crippen LogP contribution in [-0.4, -0.2) is 27.1 Å². The molecule has 2 aromatic rings. The Bertz CT molecular complexity index is 545. The summed E-state index contributed by atoms with van der Waals surface area (Å²) in [5, 5.41) is 18.3. The number of rotatable bonds is 2. The summed E-state index contributed by atoms with van der Waals surface area (Å²) in [6, 6.07) is 8.07. The molecular weight excluding hydrogens is 274 g/mol. The molecule has 0 amide bonds. The van der Waals surface area contributed by atoms with Crippen LogP contribution in [0.3, 0.4) is 0 Å². The second-order valence-electron chi connectivity index (χ2n) is 3.19. The zero-order valence-corrected chi connectivity index (χ0v) is 9.29. The quantitative estimate of drug-likeness (QED) is 0.817. The van der Waals surface area contributed by atoms with E-state index in [1.807, 2.05) is 0 Å². The van der Waals surface area contributed by atoms with Crippen molar-refractivity contribution in [2.45, 2.75) is 0 Å². The third-order valence-electron chi connectivity index (χ3n) is 2.16. The molecule has 0 aliphatic rings. The normalized spacial score (nSPS) is 9.65. The zero-order valence-electron chi connectivity index (χ0n) is 8.35. The molecule has 0 saturated heterocycles. The van der Waals surface area contributed by atoms with Gasteiger partial charge in [0.15, 0.2) is 5.69 Å². The van der Waals surface area contributed by atoms with Gasteiger partial charge in [-0.3, -0.25) is 0 Å². The van der Waals surface area contributed by atoms with Gasteiger partial charge < -0.3 is 10.2 Å². The molecule has 1 radical (unpaired) electrons. The van der Waals surface area contributed by atoms with Crippen LogP contribution < -0.4 is 0 Å². The number of benzene rings is 1. The van der Waals surface area contributed by atoms with Gasteiger partial charge in [0, 0.05) is 22.5 Å². The van der Waals surface area contributed by atoms with Crippen LogP contribution in [0, 0.1) is 0 Å². The Kier molecular flexibility index (Phi) is 3.83. The molecule has 2 N–H and O–H groups in total. The van der Waals surface area contributed by atoms with Crippen LogP contribution in [-0.2, 0) is 17.1 Å². The minimum absolute atomic E-state index is 0. The largest absolute Gasteiger partial charge is 0.478 e. The number of nitrogens with zero attached hydrogens (tertiary/aromatic N) is 1. The summed E-state index contributed by atoms with van der Waals surface area (Å²) < 4.78 is 0. The molecule has 0 fully saturated rings. The van der Waals surface area contributed by atoms with Crippen LogP contribution in [0.4, 0.5) is 0 Å². The van der Waals surface area contributed by atoms with Gasteiger partial charge in [-0.1, -0.05) is 18.2 Å². The van der Waals surface area contributed by atoms with E-state index >= 15 is 0 Å². The van der Waals surface area contributed by atoms with E-state index in [4.69, 9.17) is 10.2 Å². The average molecular weight is 281 g/mol. The number of hydrogen-bond donors (Lipinski definition) is 2. The van der Waals surface area contributed by atoms with Crippen LogP contribution in [0.15, 0.2) is 30.3 Å². The Morgan fingerprint density at radius 3 is 2.29 bits per heavy atom. The number of aromatic carboxylic acids is 2. The van der Waals surface area contributed by atoms with Crippen LogP contribution in [0.2, 0.25) is 0 Å². The average Bonchev–Trinajstić information content (AvgIpc) is 2.27. The first-order valence-corrected chi connectivity index (χ1v) is 4.46. The first-order valence-electron chi connectivity index (χ1n) is 4.46. The number of para-hydroxylation sites is 1. The van der Waals surface area contributed by atoms with Crippen molar-refractivity contribution >= 4 is 22.8 Å². The van der Waals surface area contributed by atoms with Crippen LogP contribution in [0.25, 0.3) is 10.9 Å². The molecule has 0 aliphatic heterocycles. The van der Waals surface area contributed by atoms with E-state index in [9.17, 15) is 9.59 Å². The van der Waals surface area contributed by atoms with E-state index < -0.39 is 17.6 Å². The summed E-state index contributed by atoms with van der Waals surface area (Å²) in [6.45, 7) is 0. The van der Waals surface area contributed by atoms with Gasteiger partial charge >= 0.3 is 11.9 Å². The molecule has 0 atom stereocenters. The summed E-state index contributed by atoms with van der Waals surface area (Å²) >= 11 is 0. The van der Waals surface area contributed by atoms with Crippen LogP contribution in [0.1, 0.15) is 20.8 Å². The monoisotopic (exact) mass is 280 g/mol. The Morgan fingerprint density at radius 2 is 1.71 bits per heavy atom. The smallest absolute Gasteiger partial charge is 0.355 e. The van der Waals surface area contributed by atoms with Crippen LogP contribution >= 0.6 is 0 Å². The third-order valence-corrected chi connectivity index (χ3v) is 2.16. The van der Waals surface area contributed by atoms with Crippen molar-refractivity contribution in [3.8, 4) is 0 Å². The number of carboxylic acids is 2. The summed E-state index contributed by atoms with van der Waals surface area (Å²) in [5.74, 6) is -2.64. The fraction of sp³-hybridized carbons (Fsp3) is 0. The summed E-state index contributed by atoms with van der Waals surface area (Å²) in [6.07, 6.45) is 0. The van der Waals surface area contributed by atoms with E-state index in [-0.39, 0.29) is 22.6 Å². The number of carboxylic acid groups (broad SMARTS) is 2. The maximum absolute atomic E-state index is 10.9. The number of hydrogen-bond acceptors (Lipinski definition) is 3. The van der Waals surface area contributed by atoms with Gasteiger partial charge in [-0.25, -0.2) is 14.6 Å². The van der Waals surface area contributed by atoms with Crippen molar-refractivity contribution in [2.75, 3.05) is 0 Å². The van der Waals surface area contributed by atoms with Gasteiger partial charge in [0.2, 0.25) is 0 Å². The number of carbonyl (C=O) groups is 2. The fourth-order valence-electron chi connectivity index (χ4n) is 1.44. The van der Waals surface area contributed by atoms with Crippen molar-refractivity contribution in [1.82, 2.24) is 4.98 Å². The van der Waals surface area contributed by atoms with Crippen molar-refractivity contribution in [3.63, 3.8) is 0 Å². The van der Waals surface area contributed by atoms with Gasteiger partial charge in [-0.2, -0.15) is 0 Å². The molecule has 17 heavy (non-hydrogen) atoms. The third kappa shape index (κ3) is 2.43. The van der Waals surface area contributed by atoms with E-state index in [1.54, 1.807) is 24.3 Å². The van der Waals surface area contributed by atoms with Crippen molar-refractivity contribution < 1.29 is 36.9 Å². The number of fused-ring (bicyclic) bond motifs is 1. The first kappa shape index (κ1) is 13.2. The topological polar surface area (TPSA) is 87.5 Å².